The number of hydrogen-bond donors (Lipinski definition) is 1. The van der Waals surface area contributed by atoms with Crippen LogP contribution in [0.5, 0.6) is 0 Å². The number of hydrogen-bond acceptors (Lipinski definition) is 2. The van der Waals surface area contributed by atoms with Gasteiger partial charge < -0.3 is 10.2 Å². The molecule has 0 bridgehead atoms. The van der Waals surface area contributed by atoms with Gasteiger partial charge in [-0.15, -0.1) is 0 Å². The number of benzene rings is 1. The molecule has 0 saturated carbocycles. The molecule has 0 atom stereocenters. The van der Waals surface area contributed by atoms with Crippen molar-refractivity contribution in [3.05, 3.63) is 28.2 Å². The Bertz CT molecular complexity index is 308. The second-order valence-electron chi connectivity index (χ2n) is 3.48. The lowest BCUT2D eigenvalue weighted by atomic mass is 10.1. The van der Waals surface area contributed by atoms with E-state index in [0.717, 1.165) is 24.1 Å². The van der Waals surface area contributed by atoms with Crippen LogP contribution in [0.2, 0.25) is 0 Å². The van der Waals surface area contributed by atoms with E-state index in [2.05, 4.69) is 58.2 Å². The van der Waals surface area contributed by atoms with Gasteiger partial charge in [0.1, 0.15) is 0 Å². The molecule has 0 aliphatic carbocycles. The SMILES string of the molecule is CCN(CC)c1cc(Br)ccc1CNC. The molecule has 0 amide bonds. The number of halogens is 1. The molecule has 0 aromatic heterocycles. The van der Waals surface area contributed by atoms with Crippen molar-refractivity contribution in [1.29, 1.82) is 0 Å². The van der Waals surface area contributed by atoms with Gasteiger partial charge in [-0.05, 0) is 38.6 Å². The highest BCUT2D eigenvalue weighted by Crippen LogP contribution is 2.25. The van der Waals surface area contributed by atoms with Crippen LogP contribution in [-0.4, -0.2) is 20.1 Å². The standard InChI is InChI=1S/C12H19BrN2/c1-4-15(5-2)12-8-11(13)7-6-10(12)9-14-3/h6-8,14H,4-5,9H2,1-3H3. The molecule has 0 heterocycles. The van der Waals surface area contributed by atoms with Gasteiger partial charge in [-0.2, -0.15) is 0 Å². The van der Waals surface area contributed by atoms with Crippen LogP contribution in [0.15, 0.2) is 22.7 Å². The molecule has 1 aromatic rings. The molecule has 0 fully saturated rings. The third-order valence-corrected chi connectivity index (χ3v) is 3.01. The second kappa shape index (κ2) is 6.13. The van der Waals surface area contributed by atoms with Crippen molar-refractivity contribution in [1.82, 2.24) is 5.32 Å². The lowest BCUT2D eigenvalue weighted by Gasteiger charge is -2.24. The summed E-state index contributed by atoms with van der Waals surface area (Å²) in [7, 11) is 1.98. The average Bonchev–Trinajstić information content (AvgIpc) is 2.24. The minimum absolute atomic E-state index is 0.916. The first-order valence-electron chi connectivity index (χ1n) is 5.40. The fourth-order valence-electron chi connectivity index (χ4n) is 1.74. The van der Waals surface area contributed by atoms with E-state index in [-0.39, 0.29) is 0 Å². The third-order valence-electron chi connectivity index (χ3n) is 2.52. The minimum atomic E-state index is 0.916. The number of rotatable bonds is 5. The van der Waals surface area contributed by atoms with E-state index in [4.69, 9.17) is 0 Å². The first-order chi connectivity index (χ1) is 7.22. The molecule has 0 radical (unpaired) electrons. The van der Waals surface area contributed by atoms with Crippen LogP contribution in [0.1, 0.15) is 19.4 Å². The van der Waals surface area contributed by atoms with Gasteiger partial charge in [0.05, 0.1) is 0 Å². The maximum atomic E-state index is 3.53. The molecule has 84 valence electrons. The summed E-state index contributed by atoms with van der Waals surface area (Å²) in [5.41, 5.74) is 2.67. The summed E-state index contributed by atoms with van der Waals surface area (Å²) in [5.74, 6) is 0. The fourth-order valence-corrected chi connectivity index (χ4v) is 2.08. The number of anilines is 1. The zero-order valence-electron chi connectivity index (χ0n) is 9.68. The second-order valence-corrected chi connectivity index (χ2v) is 4.39. The highest BCUT2D eigenvalue weighted by atomic mass is 79.9. The molecule has 15 heavy (non-hydrogen) atoms. The molecular formula is C12H19BrN2. The lowest BCUT2D eigenvalue weighted by Crippen LogP contribution is -2.24. The Labute approximate surface area is 101 Å². The van der Waals surface area contributed by atoms with E-state index in [1.807, 2.05) is 7.05 Å². The Morgan fingerprint density at radius 2 is 1.93 bits per heavy atom. The molecule has 0 unspecified atom stereocenters. The van der Waals surface area contributed by atoms with E-state index < -0.39 is 0 Å². The number of nitrogens with one attached hydrogen (secondary N) is 1. The van der Waals surface area contributed by atoms with Crippen molar-refractivity contribution in [2.75, 3.05) is 25.0 Å². The Morgan fingerprint density at radius 3 is 2.47 bits per heavy atom. The molecule has 0 aliphatic heterocycles. The minimum Gasteiger partial charge on any atom is -0.372 e. The van der Waals surface area contributed by atoms with Gasteiger partial charge in [-0.25, -0.2) is 0 Å². The zero-order chi connectivity index (χ0) is 11.3. The zero-order valence-corrected chi connectivity index (χ0v) is 11.3. The highest BCUT2D eigenvalue weighted by Gasteiger charge is 2.07. The first-order valence-corrected chi connectivity index (χ1v) is 6.20. The van der Waals surface area contributed by atoms with Gasteiger partial charge in [-0.3, -0.25) is 0 Å². The Kier molecular flexibility index (Phi) is 5.12. The van der Waals surface area contributed by atoms with Crippen LogP contribution < -0.4 is 10.2 Å². The first kappa shape index (κ1) is 12.5. The van der Waals surface area contributed by atoms with E-state index >= 15 is 0 Å². The van der Waals surface area contributed by atoms with Crippen molar-refractivity contribution in [3.63, 3.8) is 0 Å². The molecule has 0 aliphatic rings. The summed E-state index contributed by atoms with van der Waals surface area (Å²) in [6, 6.07) is 6.47. The summed E-state index contributed by atoms with van der Waals surface area (Å²) >= 11 is 3.53. The van der Waals surface area contributed by atoms with Crippen LogP contribution in [0.25, 0.3) is 0 Å². The smallest absolute Gasteiger partial charge is 0.0422 e. The average molecular weight is 271 g/mol. The van der Waals surface area contributed by atoms with E-state index in [1.165, 1.54) is 11.3 Å². The van der Waals surface area contributed by atoms with Gasteiger partial charge in [-0.1, -0.05) is 22.0 Å². The van der Waals surface area contributed by atoms with E-state index in [9.17, 15) is 0 Å². The van der Waals surface area contributed by atoms with E-state index in [1.54, 1.807) is 0 Å². The maximum absolute atomic E-state index is 3.53. The molecule has 3 heteroatoms. The Balaban J connectivity index is 3.04. The topological polar surface area (TPSA) is 15.3 Å². The maximum Gasteiger partial charge on any atom is 0.0422 e. The van der Waals surface area contributed by atoms with Crippen LogP contribution in [0.4, 0.5) is 5.69 Å². The van der Waals surface area contributed by atoms with Crippen LogP contribution in [-0.2, 0) is 6.54 Å². The van der Waals surface area contributed by atoms with Gasteiger partial charge in [0.15, 0.2) is 0 Å². The quantitative estimate of drug-likeness (QED) is 0.885. The van der Waals surface area contributed by atoms with Gasteiger partial charge >= 0.3 is 0 Å². The molecule has 1 rings (SSSR count). The molecule has 2 nitrogen and oxygen atoms in total. The van der Waals surface area contributed by atoms with Crippen molar-refractivity contribution in [2.24, 2.45) is 0 Å². The van der Waals surface area contributed by atoms with Crippen molar-refractivity contribution in [2.45, 2.75) is 20.4 Å². The monoisotopic (exact) mass is 270 g/mol. The summed E-state index contributed by atoms with van der Waals surface area (Å²) in [6.45, 7) is 7.38. The van der Waals surface area contributed by atoms with Crippen LogP contribution >= 0.6 is 15.9 Å². The summed E-state index contributed by atoms with van der Waals surface area (Å²) in [5, 5.41) is 3.20. The van der Waals surface area contributed by atoms with Gasteiger partial charge in [0, 0.05) is 29.8 Å². The molecule has 1 aromatic carbocycles. The Hall–Kier alpha value is -0.540. The van der Waals surface area contributed by atoms with Crippen molar-refractivity contribution >= 4 is 21.6 Å². The van der Waals surface area contributed by atoms with Crippen LogP contribution in [0.3, 0.4) is 0 Å². The molecule has 0 saturated heterocycles. The molecule has 0 spiro atoms. The third kappa shape index (κ3) is 3.21. The lowest BCUT2D eigenvalue weighted by molar-refractivity contribution is 0.795. The Morgan fingerprint density at radius 1 is 1.27 bits per heavy atom. The largest absolute Gasteiger partial charge is 0.372 e. The van der Waals surface area contributed by atoms with Gasteiger partial charge in [0.25, 0.3) is 0 Å². The van der Waals surface area contributed by atoms with E-state index in [0.29, 0.717) is 0 Å². The summed E-state index contributed by atoms with van der Waals surface area (Å²) in [6.07, 6.45) is 0. The highest BCUT2D eigenvalue weighted by molar-refractivity contribution is 9.10. The van der Waals surface area contributed by atoms with Gasteiger partial charge in [0.2, 0.25) is 0 Å². The molecule has 1 N–H and O–H groups in total. The summed E-state index contributed by atoms with van der Waals surface area (Å²) < 4.78 is 1.14. The van der Waals surface area contributed by atoms with Crippen molar-refractivity contribution < 1.29 is 0 Å². The van der Waals surface area contributed by atoms with Crippen molar-refractivity contribution in [3.8, 4) is 0 Å². The van der Waals surface area contributed by atoms with Crippen LogP contribution in [0, 0.1) is 0 Å². The summed E-state index contributed by atoms with van der Waals surface area (Å²) in [4.78, 5) is 2.37. The predicted octanol–water partition coefficient (Wildman–Crippen LogP) is 3.01. The normalized spacial score (nSPS) is 10.4. The number of nitrogens with zero attached hydrogens (tertiary/aromatic N) is 1. The fraction of sp³-hybridized carbons (Fsp3) is 0.500. The predicted molar refractivity (Wildman–Crippen MR) is 70.5 cm³/mol. The molecular weight excluding hydrogens is 252 g/mol.